The number of nitrogens with one attached hydrogen (secondary N) is 2. The first-order chi connectivity index (χ1) is 18.8. The first kappa shape index (κ1) is 29.3. The highest BCUT2D eigenvalue weighted by Gasteiger charge is 2.39. The zero-order chi connectivity index (χ0) is 29.4. The number of aryl methyl sites for hydroxylation is 1. The van der Waals surface area contributed by atoms with Crippen LogP contribution in [0.4, 0.5) is 28.9 Å². The fraction of sp³-hybridized carbons (Fsp3) is 0.414. The van der Waals surface area contributed by atoms with Gasteiger partial charge >= 0.3 is 6.18 Å². The maximum Gasteiger partial charge on any atom is 0.417 e. The molecule has 40 heavy (non-hydrogen) atoms. The van der Waals surface area contributed by atoms with Crippen LogP contribution in [-0.2, 0) is 12.7 Å². The molecule has 7 nitrogen and oxygen atoms in total. The van der Waals surface area contributed by atoms with E-state index in [4.69, 9.17) is 10.5 Å². The molecule has 0 aliphatic carbocycles. The van der Waals surface area contributed by atoms with Crippen LogP contribution >= 0.6 is 0 Å². The molecule has 0 bridgehead atoms. The van der Waals surface area contributed by atoms with Gasteiger partial charge in [-0.1, -0.05) is 0 Å². The number of carbonyl (C=O) groups is 1. The number of pyridine rings is 2. The first-order valence-corrected chi connectivity index (χ1v) is 13.0. The third-order valence-corrected chi connectivity index (χ3v) is 7.61. The van der Waals surface area contributed by atoms with Gasteiger partial charge in [-0.15, -0.1) is 0 Å². The lowest BCUT2D eigenvalue weighted by Crippen LogP contribution is -2.56. The number of alkyl halides is 3. The van der Waals surface area contributed by atoms with Crippen molar-refractivity contribution in [2.24, 2.45) is 0 Å². The van der Waals surface area contributed by atoms with Crippen LogP contribution in [0.5, 0.6) is 5.88 Å². The minimum absolute atomic E-state index is 0.0582. The largest absolute Gasteiger partial charge is 0.474 e. The van der Waals surface area contributed by atoms with E-state index in [0.717, 1.165) is 30.2 Å². The van der Waals surface area contributed by atoms with Gasteiger partial charge in [0, 0.05) is 42.1 Å². The van der Waals surface area contributed by atoms with Gasteiger partial charge in [-0.05, 0) is 82.0 Å². The number of nitrogens with zero attached hydrogens (tertiary/aromatic N) is 2. The van der Waals surface area contributed by atoms with Crippen LogP contribution in [0.3, 0.4) is 0 Å². The summed E-state index contributed by atoms with van der Waals surface area (Å²) in [6.45, 7) is 9.31. The van der Waals surface area contributed by atoms with Crippen LogP contribution < -0.4 is 21.1 Å². The Morgan fingerprint density at radius 2 is 1.98 bits per heavy atom. The van der Waals surface area contributed by atoms with Gasteiger partial charge in [-0.25, -0.2) is 9.37 Å². The molecule has 1 fully saturated rings. The molecule has 4 N–H and O–H groups in total. The number of ether oxygens (including phenoxy) is 1. The Kier molecular flexibility index (Phi) is 8.07. The van der Waals surface area contributed by atoms with Crippen molar-refractivity contribution in [1.29, 1.82) is 0 Å². The van der Waals surface area contributed by atoms with Crippen molar-refractivity contribution in [3.05, 3.63) is 63.7 Å². The molecular weight excluding hydrogens is 526 g/mol. The number of carbonyl (C=O) groups excluding carboxylic acids is 1. The number of hydrogen-bond donors (Lipinski definition) is 3. The summed E-state index contributed by atoms with van der Waals surface area (Å²) < 4.78 is 65.3. The lowest BCUT2D eigenvalue weighted by molar-refractivity contribution is -0.137. The Balaban J connectivity index is 1.90. The fourth-order valence-electron chi connectivity index (χ4n) is 5.08. The highest BCUT2D eigenvalue weighted by atomic mass is 19.4. The van der Waals surface area contributed by atoms with Crippen molar-refractivity contribution in [2.75, 3.05) is 17.6 Å². The minimum atomic E-state index is -4.82. The summed E-state index contributed by atoms with van der Waals surface area (Å²) in [6, 6.07) is 2.79. The van der Waals surface area contributed by atoms with Crippen LogP contribution in [0.15, 0.2) is 24.5 Å². The third-order valence-electron chi connectivity index (χ3n) is 7.61. The summed E-state index contributed by atoms with van der Waals surface area (Å²) in [6.07, 6.45) is -0.254. The molecule has 3 heterocycles. The van der Waals surface area contributed by atoms with Crippen LogP contribution in [0.2, 0.25) is 0 Å². The Morgan fingerprint density at radius 3 is 2.55 bits per heavy atom. The van der Waals surface area contributed by atoms with Gasteiger partial charge in [-0.2, -0.15) is 13.2 Å². The predicted octanol–water partition coefficient (Wildman–Crippen LogP) is 6.14. The second-order valence-electron chi connectivity index (χ2n) is 10.6. The molecule has 4 rings (SSSR count). The number of anilines is 2. The zero-order valence-electron chi connectivity index (χ0n) is 23.1. The monoisotopic (exact) mass is 559 g/mol. The van der Waals surface area contributed by atoms with Crippen molar-refractivity contribution in [3.63, 3.8) is 0 Å². The Morgan fingerprint density at radius 1 is 1.27 bits per heavy atom. The van der Waals surface area contributed by atoms with Crippen LogP contribution in [0, 0.1) is 26.6 Å². The lowest BCUT2D eigenvalue weighted by Gasteiger charge is -2.41. The topological polar surface area (TPSA) is 102 Å². The van der Waals surface area contributed by atoms with Gasteiger partial charge in [0.05, 0.1) is 17.4 Å². The molecule has 0 radical (unpaired) electrons. The molecule has 1 aliphatic heterocycles. The van der Waals surface area contributed by atoms with E-state index in [1.54, 1.807) is 25.4 Å². The number of halogens is 4. The molecule has 2 atom stereocenters. The summed E-state index contributed by atoms with van der Waals surface area (Å²) >= 11 is 0. The van der Waals surface area contributed by atoms with Gasteiger partial charge in [0.2, 0.25) is 5.88 Å². The molecule has 214 valence electrons. The lowest BCUT2D eigenvalue weighted by atomic mass is 9.85. The Bertz CT molecular complexity index is 1440. The number of aldehydes is 1. The standard InChI is InChI=1S/C29H33F4N5O2/c1-15-12-35-8-6-19(15)13-36-25-21(14-39)27(40-16(2)11-28(5)7-9-37-28)38-26(24(25)30)20-10-22(34)17(3)18(4)23(20)29(31,32)33/h6,8,10,12,14,16,37H,7,9,11,13,34H2,1-5H3,(H,36,38). The Labute approximate surface area is 230 Å². The maximum atomic E-state index is 16.2. The molecule has 0 saturated carbocycles. The molecule has 11 heteroatoms. The van der Waals surface area contributed by atoms with E-state index in [1.165, 1.54) is 13.8 Å². The maximum absolute atomic E-state index is 16.2. The average molecular weight is 560 g/mol. The van der Waals surface area contributed by atoms with Crippen molar-refractivity contribution < 1.29 is 27.1 Å². The first-order valence-electron chi connectivity index (χ1n) is 13.0. The second kappa shape index (κ2) is 11.0. The number of nitrogens with two attached hydrogens (primary N) is 1. The fourth-order valence-corrected chi connectivity index (χ4v) is 5.08. The van der Waals surface area contributed by atoms with Gasteiger partial charge < -0.3 is 21.1 Å². The molecular formula is C29H33F4N5O2. The summed E-state index contributed by atoms with van der Waals surface area (Å²) in [5.41, 5.74) is 4.86. The van der Waals surface area contributed by atoms with E-state index in [0.29, 0.717) is 12.7 Å². The smallest absolute Gasteiger partial charge is 0.417 e. The van der Waals surface area contributed by atoms with Crippen LogP contribution in [-0.4, -0.2) is 34.4 Å². The average Bonchev–Trinajstić information content (AvgIpc) is 2.86. The summed E-state index contributed by atoms with van der Waals surface area (Å²) in [5.74, 6) is -1.38. The van der Waals surface area contributed by atoms with Crippen LogP contribution in [0.25, 0.3) is 11.3 Å². The normalized spacial score (nSPS) is 17.7. The van der Waals surface area contributed by atoms with Gasteiger partial charge in [0.25, 0.3) is 0 Å². The summed E-state index contributed by atoms with van der Waals surface area (Å²) in [4.78, 5) is 20.5. The zero-order valence-corrected chi connectivity index (χ0v) is 23.1. The van der Waals surface area contributed by atoms with Gasteiger partial charge in [-0.3, -0.25) is 9.78 Å². The van der Waals surface area contributed by atoms with Crippen molar-refractivity contribution >= 4 is 17.7 Å². The van der Waals surface area contributed by atoms with E-state index in [1.807, 2.05) is 13.8 Å². The molecule has 0 spiro atoms. The predicted molar refractivity (Wildman–Crippen MR) is 146 cm³/mol. The molecule has 2 unspecified atom stereocenters. The van der Waals surface area contributed by atoms with Gasteiger partial charge in [0.1, 0.15) is 11.3 Å². The van der Waals surface area contributed by atoms with Crippen LogP contribution in [0.1, 0.15) is 64.9 Å². The molecule has 1 aromatic carbocycles. The van der Waals surface area contributed by atoms with E-state index in [-0.39, 0.29) is 46.0 Å². The van der Waals surface area contributed by atoms with E-state index >= 15 is 4.39 Å². The number of rotatable bonds is 9. The molecule has 2 aromatic heterocycles. The quantitative estimate of drug-likeness (QED) is 0.164. The van der Waals surface area contributed by atoms with E-state index in [9.17, 15) is 18.0 Å². The van der Waals surface area contributed by atoms with Crippen molar-refractivity contribution in [3.8, 4) is 17.1 Å². The number of benzene rings is 1. The SMILES string of the molecule is Cc1cnccc1CNc1c(F)c(-c2cc(N)c(C)c(C)c2C(F)(F)F)nc(OC(C)CC2(C)CCN2)c1C=O. The minimum Gasteiger partial charge on any atom is -0.474 e. The molecule has 1 aliphatic rings. The van der Waals surface area contributed by atoms with E-state index in [2.05, 4.69) is 20.6 Å². The second-order valence-corrected chi connectivity index (χ2v) is 10.6. The van der Waals surface area contributed by atoms with E-state index < -0.39 is 34.9 Å². The van der Waals surface area contributed by atoms with Crippen molar-refractivity contribution in [1.82, 2.24) is 15.3 Å². The molecule has 1 saturated heterocycles. The Hall–Kier alpha value is -3.73. The number of nitrogen functional groups attached to an aromatic ring is 1. The third kappa shape index (κ3) is 5.74. The molecule has 0 amide bonds. The molecule has 3 aromatic rings. The highest BCUT2D eigenvalue weighted by Crippen LogP contribution is 2.44. The highest BCUT2D eigenvalue weighted by molar-refractivity contribution is 5.90. The van der Waals surface area contributed by atoms with Gasteiger partial charge in [0.15, 0.2) is 12.1 Å². The number of hydrogen-bond acceptors (Lipinski definition) is 7. The summed E-state index contributed by atoms with van der Waals surface area (Å²) in [5, 5.41) is 6.23. The van der Waals surface area contributed by atoms with Crippen molar-refractivity contribution in [2.45, 2.75) is 71.8 Å². The summed E-state index contributed by atoms with van der Waals surface area (Å²) in [7, 11) is 0. The number of aromatic nitrogens is 2.